The highest BCUT2D eigenvalue weighted by Gasteiger charge is 2.25. The zero-order valence-electron chi connectivity index (χ0n) is 18.8. The fourth-order valence-corrected chi connectivity index (χ4v) is 3.03. The summed E-state index contributed by atoms with van der Waals surface area (Å²) in [6.07, 6.45) is 3.58. The fraction of sp³-hybridized carbons (Fsp3) is 0.545. The third kappa shape index (κ3) is 8.64. The van der Waals surface area contributed by atoms with Gasteiger partial charge in [0.05, 0.1) is 18.1 Å². The van der Waals surface area contributed by atoms with Crippen molar-refractivity contribution in [1.29, 1.82) is 0 Å². The molecule has 176 valence electrons. The molecule has 0 aliphatic carbocycles. The van der Waals surface area contributed by atoms with Crippen LogP contribution in [0.25, 0.3) is 0 Å². The Morgan fingerprint density at radius 3 is 2.69 bits per heavy atom. The zero-order chi connectivity index (χ0) is 23.4. The van der Waals surface area contributed by atoms with Crippen molar-refractivity contribution < 1.29 is 19.4 Å². The first-order chi connectivity index (χ1) is 15.3. The van der Waals surface area contributed by atoms with Gasteiger partial charge < -0.3 is 26.2 Å². The maximum absolute atomic E-state index is 12.4. The third-order valence-corrected chi connectivity index (χ3v) is 4.82. The highest BCUT2D eigenvalue weighted by molar-refractivity contribution is 5.85. The van der Waals surface area contributed by atoms with E-state index in [4.69, 9.17) is 15.6 Å². The van der Waals surface area contributed by atoms with Gasteiger partial charge in [-0.25, -0.2) is 14.5 Å². The number of aromatic nitrogens is 3. The Labute approximate surface area is 188 Å². The number of carbonyl (C=O) groups excluding carboxylic acids is 2. The van der Waals surface area contributed by atoms with Gasteiger partial charge in [-0.2, -0.15) is 5.10 Å². The molecule has 1 aromatic heterocycles. The number of ether oxygens (including phenoxy) is 1. The minimum atomic E-state index is -0.961. The number of amides is 2. The number of nitrogens with zero attached hydrogens (tertiary/aromatic N) is 3. The number of carbonyl (C=O) groups is 2. The van der Waals surface area contributed by atoms with Crippen molar-refractivity contribution >= 4 is 12.0 Å². The third-order valence-electron chi connectivity index (χ3n) is 4.82. The van der Waals surface area contributed by atoms with Gasteiger partial charge in [-0.3, -0.25) is 4.79 Å². The van der Waals surface area contributed by atoms with Crippen LogP contribution in [0.1, 0.15) is 50.5 Å². The topological polar surface area (TPSA) is 144 Å². The van der Waals surface area contributed by atoms with Crippen molar-refractivity contribution in [3.63, 3.8) is 0 Å². The van der Waals surface area contributed by atoms with Gasteiger partial charge in [0.15, 0.2) is 0 Å². The van der Waals surface area contributed by atoms with E-state index in [2.05, 4.69) is 20.7 Å². The molecule has 0 spiro atoms. The maximum atomic E-state index is 12.4. The van der Waals surface area contributed by atoms with Crippen LogP contribution < -0.4 is 16.4 Å². The lowest BCUT2D eigenvalue weighted by Crippen LogP contribution is -2.50. The molecule has 1 atom stereocenters. The Morgan fingerprint density at radius 2 is 2.00 bits per heavy atom. The van der Waals surface area contributed by atoms with Crippen LogP contribution in [0.2, 0.25) is 0 Å². The number of rotatable bonds is 13. The number of aliphatic hydroxyl groups is 1. The summed E-state index contributed by atoms with van der Waals surface area (Å²) in [6.45, 7) is 4.30. The highest BCUT2D eigenvalue weighted by Crippen LogP contribution is 2.20. The molecule has 2 rings (SSSR count). The fourth-order valence-electron chi connectivity index (χ4n) is 3.03. The monoisotopic (exact) mass is 446 g/mol. The number of nitrogens with one attached hydrogen (secondary N) is 2. The Balaban J connectivity index is 1.86. The minimum absolute atomic E-state index is 0.0153. The van der Waals surface area contributed by atoms with E-state index in [0.29, 0.717) is 32.4 Å². The van der Waals surface area contributed by atoms with Gasteiger partial charge in [-0.15, -0.1) is 0 Å². The van der Waals surface area contributed by atoms with E-state index >= 15 is 0 Å². The number of nitrogens with two attached hydrogens (primary N) is 1. The normalized spacial score (nSPS) is 12.2. The summed E-state index contributed by atoms with van der Waals surface area (Å²) in [6, 6.07) is 9.64. The molecule has 2 amide bonds. The Morgan fingerprint density at radius 1 is 1.25 bits per heavy atom. The van der Waals surface area contributed by atoms with Crippen molar-refractivity contribution in [2.45, 2.75) is 57.7 Å². The Hall–Kier alpha value is -2.98. The lowest BCUT2D eigenvalue weighted by Gasteiger charge is -2.24. The number of aryl methyl sites for hydroxylation is 1. The van der Waals surface area contributed by atoms with E-state index in [1.54, 1.807) is 18.5 Å². The van der Waals surface area contributed by atoms with Gasteiger partial charge in [0, 0.05) is 19.6 Å². The van der Waals surface area contributed by atoms with Gasteiger partial charge in [0.25, 0.3) is 0 Å². The summed E-state index contributed by atoms with van der Waals surface area (Å²) in [7, 11) is 0. The number of hydrogen-bond acceptors (Lipinski definition) is 7. The molecule has 1 aromatic carbocycles. The van der Waals surface area contributed by atoms with Crippen LogP contribution >= 0.6 is 0 Å². The summed E-state index contributed by atoms with van der Waals surface area (Å²) in [5.41, 5.74) is 6.01. The average Bonchev–Trinajstić information content (AvgIpc) is 3.20. The molecular weight excluding hydrogens is 412 g/mol. The Kier molecular flexibility index (Phi) is 10.1. The molecule has 10 heteroatoms. The van der Waals surface area contributed by atoms with Gasteiger partial charge in [-0.1, -0.05) is 30.3 Å². The predicted octanol–water partition coefficient (Wildman–Crippen LogP) is 1.30. The van der Waals surface area contributed by atoms with Crippen molar-refractivity contribution in [2.24, 2.45) is 5.73 Å². The van der Waals surface area contributed by atoms with E-state index in [1.165, 1.54) is 6.33 Å². The molecule has 32 heavy (non-hydrogen) atoms. The molecule has 1 heterocycles. The van der Waals surface area contributed by atoms with Gasteiger partial charge in [0.1, 0.15) is 18.8 Å². The molecule has 0 saturated carbocycles. The van der Waals surface area contributed by atoms with Crippen molar-refractivity contribution in [1.82, 2.24) is 25.4 Å². The van der Waals surface area contributed by atoms with Crippen molar-refractivity contribution in [2.75, 3.05) is 19.8 Å². The summed E-state index contributed by atoms with van der Waals surface area (Å²) in [4.78, 5) is 28.3. The second-order valence-electron chi connectivity index (χ2n) is 8.09. The molecule has 0 radical (unpaired) electrons. The van der Waals surface area contributed by atoms with Crippen molar-refractivity contribution in [3.05, 3.63) is 48.0 Å². The highest BCUT2D eigenvalue weighted by atomic mass is 16.5. The van der Waals surface area contributed by atoms with Crippen LogP contribution in [-0.2, 0) is 22.5 Å². The number of benzene rings is 1. The summed E-state index contributed by atoms with van der Waals surface area (Å²) in [5, 5.41) is 18.5. The first-order valence-electron chi connectivity index (χ1n) is 10.8. The van der Waals surface area contributed by atoms with E-state index < -0.39 is 11.6 Å². The minimum Gasteiger partial charge on any atom is -0.448 e. The number of aliphatic hydroxyl groups excluding tert-OH is 1. The molecule has 0 aliphatic heterocycles. The van der Waals surface area contributed by atoms with Gasteiger partial charge in [-0.05, 0) is 38.7 Å². The first kappa shape index (κ1) is 25.3. The van der Waals surface area contributed by atoms with Gasteiger partial charge >= 0.3 is 6.09 Å². The lowest BCUT2D eigenvalue weighted by atomic mass is 9.98. The number of alkyl carbamates (subject to hydrolysis) is 1. The van der Waals surface area contributed by atoms with Crippen LogP contribution in [0.3, 0.4) is 0 Å². The molecule has 10 nitrogen and oxygen atoms in total. The predicted molar refractivity (Wildman–Crippen MR) is 120 cm³/mol. The zero-order valence-corrected chi connectivity index (χ0v) is 18.8. The second-order valence-corrected chi connectivity index (χ2v) is 8.09. The number of hydrogen-bond donors (Lipinski definition) is 4. The summed E-state index contributed by atoms with van der Waals surface area (Å²) >= 11 is 0. The van der Waals surface area contributed by atoms with Crippen LogP contribution in [-0.4, -0.2) is 57.2 Å². The first-order valence-corrected chi connectivity index (χ1v) is 10.8. The molecule has 0 bridgehead atoms. The SMILES string of the molecule is CC(C)(N)C(=O)NC(CCCc1ncnn1CCOC(=O)NCCCO)c1ccccc1. The molecular formula is C22H34N6O4. The average molecular weight is 447 g/mol. The standard InChI is InChI=1S/C22H34N6O4/c1-22(2,23)20(30)27-18(17-8-4-3-5-9-17)10-6-11-19-25-16-26-28(19)13-15-32-21(31)24-12-7-14-29/h3-5,8-9,16,18,29H,6-7,10-15,23H2,1-2H3,(H,24,31)(H,27,30). The molecule has 2 aromatic rings. The van der Waals surface area contributed by atoms with E-state index in [0.717, 1.165) is 17.8 Å². The van der Waals surface area contributed by atoms with Gasteiger partial charge in [0.2, 0.25) is 5.91 Å². The Bertz CT molecular complexity index is 834. The van der Waals surface area contributed by atoms with Crippen LogP contribution in [0.15, 0.2) is 36.7 Å². The van der Waals surface area contributed by atoms with E-state index in [1.807, 2.05) is 30.3 Å². The smallest absolute Gasteiger partial charge is 0.407 e. The summed E-state index contributed by atoms with van der Waals surface area (Å²) < 4.78 is 6.82. The molecule has 1 unspecified atom stereocenters. The van der Waals surface area contributed by atoms with E-state index in [9.17, 15) is 9.59 Å². The molecule has 0 saturated heterocycles. The lowest BCUT2D eigenvalue weighted by molar-refractivity contribution is -0.126. The van der Waals surface area contributed by atoms with Crippen LogP contribution in [0, 0.1) is 0 Å². The maximum Gasteiger partial charge on any atom is 0.407 e. The van der Waals surface area contributed by atoms with Crippen LogP contribution in [0.4, 0.5) is 4.79 Å². The summed E-state index contributed by atoms with van der Waals surface area (Å²) in [5.74, 6) is 0.579. The van der Waals surface area contributed by atoms with Crippen molar-refractivity contribution in [3.8, 4) is 0 Å². The molecule has 0 aliphatic rings. The van der Waals surface area contributed by atoms with E-state index in [-0.39, 0.29) is 25.2 Å². The van der Waals surface area contributed by atoms with Crippen LogP contribution in [0.5, 0.6) is 0 Å². The second kappa shape index (κ2) is 12.8. The molecule has 0 fully saturated rings. The largest absolute Gasteiger partial charge is 0.448 e. The molecule has 5 N–H and O–H groups in total. The quantitative estimate of drug-likeness (QED) is 0.339.